The Morgan fingerprint density at radius 3 is 2.52 bits per heavy atom. The van der Waals surface area contributed by atoms with Crippen LogP contribution in [0.4, 0.5) is 4.39 Å². The number of aromatic nitrogens is 2. The van der Waals surface area contributed by atoms with E-state index in [1.165, 1.54) is 12.1 Å². The van der Waals surface area contributed by atoms with Crippen LogP contribution in [0.3, 0.4) is 0 Å². The lowest BCUT2D eigenvalue weighted by Gasteiger charge is -2.40. The molecule has 2 heterocycles. The van der Waals surface area contributed by atoms with Crippen molar-refractivity contribution in [3.63, 3.8) is 0 Å². The summed E-state index contributed by atoms with van der Waals surface area (Å²) in [5.41, 5.74) is 2.14. The van der Waals surface area contributed by atoms with Gasteiger partial charge in [0.15, 0.2) is 0 Å². The Morgan fingerprint density at radius 2 is 1.91 bits per heavy atom. The summed E-state index contributed by atoms with van der Waals surface area (Å²) in [6.45, 7) is 5.34. The lowest BCUT2D eigenvalue weighted by molar-refractivity contribution is 0.0382. The SMILES string of the molecule is CCC1(CO)CCN(Cc2cnn(-c3ccc(F)cc3)c2)CC1. The minimum atomic E-state index is -0.238. The van der Waals surface area contributed by atoms with Gasteiger partial charge in [0, 0.05) is 24.9 Å². The molecular weight excluding hydrogens is 293 g/mol. The second-order valence-electron chi connectivity index (χ2n) is 6.56. The molecule has 0 unspecified atom stereocenters. The van der Waals surface area contributed by atoms with Crippen molar-refractivity contribution in [2.24, 2.45) is 5.41 Å². The molecule has 23 heavy (non-hydrogen) atoms. The molecule has 4 nitrogen and oxygen atoms in total. The molecule has 1 fully saturated rings. The number of hydrogen-bond acceptors (Lipinski definition) is 3. The molecule has 2 aromatic rings. The fourth-order valence-corrected chi connectivity index (χ4v) is 3.24. The number of aliphatic hydroxyl groups excluding tert-OH is 1. The Kier molecular flexibility index (Phi) is 4.78. The number of aliphatic hydroxyl groups is 1. The first-order valence-corrected chi connectivity index (χ1v) is 8.27. The number of nitrogens with zero attached hydrogens (tertiary/aromatic N) is 3. The van der Waals surface area contributed by atoms with Crippen molar-refractivity contribution in [2.45, 2.75) is 32.7 Å². The van der Waals surface area contributed by atoms with Gasteiger partial charge in [0.2, 0.25) is 0 Å². The van der Waals surface area contributed by atoms with Gasteiger partial charge in [-0.05, 0) is 62.0 Å². The summed E-state index contributed by atoms with van der Waals surface area (Å²) in [6, 6.07) is 6.34. The van der Waals surface area contributed by atoms with E-state index in [0.29, 0.717) is 6.61 Å². The first-order chi connectivity index (χ1) is 11.1. The first kappa shape index (κ1) is 16.1. The highest BCUT2D eigenvalue weighted by Gasteiger charge is 2.32. The minimum Gasteiger partial charge on any atom is -0.396 e. The first-order valence-electron chi connectivity index (χ1n) is 8.27. The van der Waals surface area contributed by atoms with Gasteiger partial charge in [0.25, 0.3) is 0 Å². The van der Waals surface area contributed by atoms with Gasteiger partial charge in [0.05, 0.1) is 11.9 Å². The minimum absolute atomic E-state index is 0.120. The predicted molar refractivity (Wildman–Crippen MR) is 87.8 cm³/mol. The topological polar surface area (TPSA) is 41.3 Å². The maximum Gasteiger partial charge on any atom is 0.123 e. The summed E-state index contributed by atoms with van der Waals surface area (Å²) in [5.74, 6) is -0.238. The van der Waals surface area contributed by atoms with Crippen LogP contribution in [0.5, 0.6) is 0 Å². The van der Waals surface area contributed by atoms with Crippen LogP contribution in [0, 0.1) is 11.2 Å². The van der Waals surface area contributed by atoms with Crippen molar-refractivity contribution < 1.29 is 9.50 Å². The normalized spacial score (nSPS) is 18.2. The highest BCUT2D eigenvalue weighted by atomic mass is 19.1. The van der Waals surface area contributed by atoms with Gasteiger partial charge in [-0.2, -0.15) is 5.10 Å². The molecule has 1 aliphatic heterocycles. The molecule has 0 amide bonds. The summed E-state index contributed by atoms with van der Waals surface area (Å²) in [5, 5.41) is 14.0. The van der Waals surface area contributed by atoms with Crippen LogP contribution in [0.1, 0.15) is 31.7 Å². The van der Waals surface area contributed by atoms with Gasteiger partial charge in [-0.15, -0.1) is 0 Å². The molecule has 1 aliphatic rings. The monoisotopic (exact) mass is 317 g/mol. The molecule has 1 saturated heterocycles. The van der Waals surface area contributed by atoms with E-state index in [2.05, 4.69) is 16.9 Å². The second-order valence-corrected chi connectivity index (χ2v) is 6.56. The summed E-state index contributed by atoms with van der Waals surface area (Å²) >= 11 is 0. The zero-order chi connectivity index (χ0) is 16.3. The lowest BCUT2D eigenvalue weighted by atomic mass is 9.77. The molecule has 0 aliphatic carbocycles. The van der Waals surface area contributed by atoms with Crippen LogP contribution < -0.4 is 0 Å². The lowest BCUT2D eigenvalue weighted by Crippen LogP contribution is -2.41. The molecule has 1 aromatic carbocycles. The smallest absolute Gasteiger partial charge is 0.123 e. The zero-order valence-corrected chi connectivity index (χ0v) is 13.6. The van der Waals surface area contributed by atoms with E-state index in [0.717, 1.165) is 50.1 Å². The Morgan fingerprint density at radius 1 is 1.22 bits per heavy atom. The predicted octanol–water partition coefficient (Wildman–Crippen LogP) is 3.00. The molecule has 1 N–H and O–H groups in total. The van der Waals surface area contributed by atoms with E-state index in [1.54, 1.807) is 16.8 Å². The number of rotatable bonds is 5. The molecule has 1 aromatic heterocycles. The van der Waals surface area contributed by atoms with E-state index in [4.69, 9.17) is 0 Å². The second kappa shape index (κ2) is 6.81. The van der Waals surface area contributed by atoms with E-state index in [-0.39, 0.29) is 11.2 Å². The van der Waals surface area contributed by atoms with Gasteiger partial charge in [-0.25, -0.2) is 9.07 Å². The third kappa shape index (κ3) is 3.62. The summed E-state index contributed by atoms with van der Waals surface area (Å²) in [7, 11) is 0. The number of hydrogen-bond donors (Lipinski definition) is 1. The molecule has 5 heteroatoms. The average Bonchev–Trinajstić information content (AvgIpc) is 3.05. The van der Waals surface area contributed by atoms with Crippen LogP contribution in [-0.2, 0) is 6.54 Å². The summed E-state index contributed by atoms with van der Waals surface area (Å²) in [4.78, 5) is 2.41. The zero-order valence-electron chi connectivity index (χ0n) is 13.6. The molecule has 0 radical (unpaired) electrons. The summed E-state index contributed by atoms with van der Waals surface area (Å²) in [6.07, 6.45) is 7.01. The standard InChI is InChI=1S/C18H24FN3O/c1-2-18(14-23)7-9-21(10-8-18)12-15-11-20-22(13-15)17-5-3-16(19)4-6-17/h3-6,11,13,23H,2,7-10,12,14H2,1H3. The van der Waals surface area contributed by atoms with Crippen LogP contribution in [-0.4, -0.2) is 39.5 Å². The molecule has 0 saturated carbocycles. The van der Waals surface area contributed by atoms with Crippen LogP contribution in [0.2, 0.25) is 0 Å². The third-order valence-electron chi connectivity index (χ3n) is 5.14. The summed E-state index contributed by atoms with van der Waals surface area (Å²) < 4.78 is 14.8. The van der Waals surface area contributed by atoms with E-state index >= 15 is 0 Å². The van der Waals surface area contributed by atoms with Gasteiger partial charge in [0.1, 0.15) is 5.82 Å². The van der Waals surface area contributed by atoms with Crippen LogP contribution >= 0.6 is 0 Å². The number of benzene rings is 1. The largest absolute Gasteiger partial charge is 0.396 e. The molecule has 0 atom stereocenters. The number of likely N-dealkylation sites (tertiary alicyclic amines) is 1. The molecule has 124 valence electrons. The van der Waals surface area contributed by atoms with E-state index in [9.17, 15) is 9.50 Å². The fraction of sp³-hybridized carbons (Fsp3) is 0.500. The fourth-order valence-electron chi connectivity index (χ4n) is 3.24. The van der Waals surface area contributed by atoms with Crippen molar-refractivity contribution >= 4 is 0 Å². The highest BCUT2D eigenvalue weighted by Crippen LogP contribution is 2.34. The van der Waals surface area contributed by atoms with Crippen LogP contribution in [0.25, 0.3) is 5.69 Å². The van der Waals surface area contributed by atoms with Gasteiger partial charge in [-0.1, -0.05) is 6.92 Å². The Hall–Kier alpha value is -1.72. The van der Waals surface area contributed by atoms with Crippen molar-refractivity contribution in [1.82, 2.24) is 14.7 Å². The van der Waals surface area contributed by atoms with Gasteiger partial charge < -0.3 is 5.11 Å². The number of piperidine rings is 1. The van der Waals surface area contributed by atoms with Crippen molar-refractivity contribution in [1.29, 1.82) is 0 Å². The van der Waals surface area contributed by atoms with E-state index in [1.807, 2.05) is 12.4 Å². The highest BCUT2D eigenvalue weighted by molar-refractivity contribution is 5.31. The average molecular weight is 317 g/mol. The number of halogens is 1. The molecular formula is C18H24FN3O. The molecule has 0 spiro atoms. The molecule has 3 rings (SSSR count). The van der Waals surface area contributed by atoms with Gasteiger partial charge >= 0.3 is 0 Å². The maximum absolute atomic E-state index is 13.0. The maximum atomic E-state index is 13.0. The van der Waals surface area contributed by atoms with Crippen LogP contribution in [0.15, 0.2) is 36.7 Å². The molecule has 0 bridgehead atoms. The quantitative estimate of drug-likeness (QED) is 0.922. The Balaban J connectivity index is 1.61. The van der Waals surface area contributed by atoms with E-state index < -0.39 is 0 Å². The van der Waals surface area contributed by atoms with Crippen molar-refractivity contribution in [3.8, 4) is 5.69 Å². The van der Waals surface area contributed by atoms with Crippen molar-refractivity contribution in [3.05, 3.63) is 48.0 Å². The Bertz CT molecular complexity index is 624. The Labute approximate surface area is 136 Å². The van der Waals surface area contributed by atoms with Gasteiger partial charge in [-0.3, -0.25) is 4.90 Å². The van der Waals surface area contributed by atoms with Crippen molar-refractivity contribution in [2.75, 3.05) is 19.7 Å². The third-order valence-corrected chi connectivity index (χ3v) is 5.14.